The van der Waals surface area contributed by atoms with Gasteiger partial charge in [-0.3, -0.25) is 4.79 Å². The fraction of sp³-hybridized carbons (Fsp3) is 0.438. The Morgan fingerprint density at radius 2 is 1.86 bits per heavy atom. The number of carbonyl (C=O) groups is 1. The first-order valence-electron chi connectivity index (χ1n) is 7.15. The quantitative estimate of drug-likeness (QED) is 0.711. The van der Waals surface area contributed by atoms with E-state index in [0.717, 1.165) is 42.4 Å². The van der Waals surface area contributed by atoms with Gasteiger partial charge in [0, 0.05) is 10.9 Å². The van der Waals surface area contributed by atoms with E-state index in [9.17, 15) is 4.79 Å². The molecule has 0 bridgehead atoms. The summed E-state index contributed by atoms with van der Waals surface area (Å²) in [6.07, 6.45) is 5.60. The number of amides is 1. The minimum Gasteiger partial charge on any atom is -0.343 e. The lowest BCUT2D eigenvalue weighted by atomic mass is 9.77. The number of halogens is 3. The summed E-state index contributed by atoms with van der Waals surface area (Å²) in [5.41, 5.74) is 2.59. The maximum atomic E-state index is 12.5. The zero-order valence-corrected chi connectivity index (χ0v) is 14.6. The van der Waals surface area contributed by atoms with Crippen molar-refractivity contribution in [1.82, 2.24) is 5.32 Å². The van der Waals surface area contributed by atoms with E-state index in [-0.39, 0.29) is 11.4 Å². The molecular formula is C16H16BrCl2NO. The summed E-state index contributed by atoms with van der Waals surface area (Å²) in [5, 5.41) is 4.92. The summed E-state index contributed by atoms with van der Waals surface area (Å²) in [5.74, 6) is 0.00439. The highest BCUT2D eigenvalue weighted by atomic mass is 79.9. The van der Waals surface area contributed by atoms with Crippen LogP contribution in [0.15, 0.2) is 23.8 Å². The predicted molar refractivity (Wildman–Crippen MR) is 91.1 cm³/mol. The molecule has 1 amide bonds. The van der Waals surface area contributed by atoms with Crippen LogP contribution in [0.5, 0.6) is 0 Å². The SMILES string of the molecule is O=C1NC2(CCCCC2)C(CBr)=C1c1ccc(Cl)c(Cl)c1. The molecule has 1 aliphatic heterocycles. The first-order valence-corrected chi connectivity index (χ1v) is 9.03. The van der Waals surface area contributed by atoms with Gasteiger partial charge in [-0.25, -0.2) is 0 Å². The van der Waals surface area contributed by atoms with Gasteiger partial charge in [0.25, 0.3) is 5.91 Å². The van der Waals surface area contributed by atoms with E-state index in [1.165, 1.54) is 6.42 Å². The van der Waals surface area contributed by atoms with Crippen molar-refractivity contribution in [2.75, 3.05) is 5.33 Å². The first-order chi connectivity index (χ1) is 10.1. The first kappa shape index (κ1) is 15.4. The Kier molecular flexibility index (Phi) is 4.35. The second-order valence-electron chi connectivity index (χ2n) is 5.71. The molecule has 112 valence electrons. The Morgan fingerprint density at radius 3 is 2.48 bits per heavy atom. The van der Waals surface area contributed by atoms with E-state index in [1.54, 1.807) is 12.1 Å². The lowest BCUT2D eigenvalue weighted by Gasteiger charge is -2.35. The monoisotopic (exact) mass is 387 g/mol. The molecule has 0 atom stereocenters. The van der Waals surface area contributed by atoms with Crippen molar-refractivity contribution in [3.05, 3.63) is 39.4 Å². The van der Waals surface area contributed by atoms with Crippen LogP contribution in [0.4, 0.5) is 0 Å². The molecule has 0 saturated heterocycles. The fourth-order valence-electron chi connectivity index (χ4n) is 3.47. The molecular weight excluding hydrogens is 373 g/mol. The highest BCUT2D eigenvalue weighted by Gasteiger charge is 2.44. The molecule has 1 aromatic carbocycles. The van der Waals surface area contributed by atoms with Gasteiger partial charge in [0.15, 0.2) is 0 Å². The normalized spacial score (nSPS) is 21.0. The summed E-state index contributed by atoms with van der Waals surface area (Å²) in [4.78, 5) is 12.5. The van der Waals surface area contributed by atoms with Crippen LogP contribution < -0.4 is 5.32 Å². The zero-order valence-electron chi connectivity index (χ0n) is 11.5. The Balaban J connectivity index is 2.10. The highest BCUT2D eigenvalue weighted by Crippen LogP contribution is 2.43. The van der Waals surface area contributed by atoms with Crippen molar-refractivity contribution in [2.24, 2.45) is 0 Å². The second-order valence-corrected chi connectivity index (χ2v) is 7.09. The summed E-state index contributed by atoms with van der Waals surface area (Å²) in [6, 6.07) is 5.40. The van der Waals surface area contributed by atoms with E-state index >= 15 is 0 Å². The van der Waals surface area contributed by atoms with Crippen LogP contribution in [0.25, 0.3) is 5.57 Å². The lowest BCUT2D eigenvalue weighted by molar-refractivity contribution is -0.116. The van der Waals surface area contributed by atoms with Crippen LogP contribution in [0, 0.1) is 0 Å². The van der Waals surface area contributed by atoms with Crippen molar-refractivity contribution in [3.63, 3.8) is 0 Å². The van der Waals surface area contributed by atoms with Gasteiger partial charge >= 0.3 is 0 Å². The number of benzene rings is 1. The van der Waals surface area contributed by atoms with Crippen LogP contribution in [0.1, 0.15) is 37.7 Å². The second kappa shape index (κ2) is 5.94. The molecule has 2 aliphatic rings. The molecule has 2 nitrogen and oxygen atoms in total. The largest absolute Gasteiger partial charge is 0.343 e. The van der Waals surface area contributed by atoms with Crippen LogP contribution in [0.2, 0.25) is 10.0 Å². The van der Waals surface area contributed by atoms with Crippen molar-refractivity contribution >= 4 is 50.6 Å². The van der Waals surface area contributed by atoms with Gasteiger partial charge in [0.2, 0.25) is 0 Å². The summed E-state index contributed by atoms with van der Waals surface area (Å²) in [7, 11) is 0. The van der Waals surface area contributed by atoms with Crippen molar-refractivity contribution in [1.29, 1.82) is 0 Å². The third-order valence-corrected chi connectivity index (χ3v) is 5.81. The number of carbonyl (C=O) groups excluding carboxylic acids is 1. The minimum absolute atomic E-state index is 0.00439. The molecule has 1 heterocycles. The number of nitrogens with one attached hydrogen (secondary N) is 1. The van der Waals surface area contributed by atoms with Crippen LogP contribution >= 0.6 is 39.1 Å². The number of hydrogen-bond donors (Lipinski definition) is 1. The molecule has 1 N–H and O–H groups in total. The molecule has 1 aromatic rings. The summed E-state index contributed by atoms with van der Waals surface area (Å²) < 4.78 is 0. The maximum absolute atomic E-state index is 12.5. The van der Waals surface area contributed by atoms with Crippen LogP contribution in [0.3, 0.4) is 0 Å². The molecule has 1 saturated carbocycles. The summed E-state index contributed by atoms with van der Waals surface area (Å²) >= 11 is 15.7. The minimum atomic E-state index is -0.166. The van der Waals surface area contributed by atoms with E-state index in [0.29, 0.717) is 15.4 Å². The molecule has 5 heteroatoms. The third-order valence-electron chi connectivity index (χ3n) is 4.51. The van der Waals surface area contributed by atoms with E-state index < -0.39 is 0 Å². The topological polar surface area (TPSA) is 29.1 Å². The number of hydrogen-bond acceptors (Lipinski definition) is 1. The molecule has 3 rings (SSSR count). The highest BCUT2D eigenvalue weighted by molar-refractivity contribution is 9.09. The maximum Gasteiger partial charge on any atom is 0.252 e. The van der Waals surface area contributed by atoms with E-state index in [4.69, 9.17) is 23.2 Å². The molecule has 0 aromatic heterocycles. The Labute approximate surface area is 143 Å². The van der Waals surface area contributed by atoms with Crippen molar-refractivity contribution in [3.8, 4) is 0 Å². The number of rotatable bonds is 2. The average molecular weight is 389 g/mol. The molecule has 0 radical (unpaired) electrons. The molecule has 0 unspecified atom stereocenters. The Hall–Kier alpha value is -0.510. The van der Waals surface area contributed by atoms with Crippen LogP contribution in [-0.2, 0) is 4.79 Å². The zero-order chi connectivity index (χ0) is 15.0. The van der Waals surface area contributed by atoms with Crippen LogP contribution in [-0.4, -0.2) is 16.8 Å². The van der Waals surface area contributed by atoms with Gasteiger partial charge in [0.1, 0.15) is 0 Å². The smallest absolute Gasteiger partial charge is 0.252 e. The molecule has 1 spiro atoms. The Morgan fingerprint density at radius 1 is 1.14 bits per heavy atom. The third kappa shape index (κ3) is 2.64. The number of alkyl halides is 1. The molecule has 1 aliphatic carbocycles. The molecule has 1 fully saturated rings. The van der Waals surface area contributed by atoms with E-state index in [2.05, 4.69) is 21.2 Å². The summed E-state index contributed by atoms with van der Waals surface area (Å²) in [6.45, 7) is 0. The van der Waals surface area contributed by atoms with Gasteiger partial charge in [0.05, 0.1) is 15.6 Å². The fourth-order valence-corrected chi connectivity index (χ4v) is 4.58. The van der Waals surface area contributed by atoms with Gasteiger partial charge < -0.3 is 5.32 Å². The average Bonchev–Trinajstić information content (AvgIpc) is 2.74. The Bertz CT molecular complexity index is 621. The van der Waals surface area contributed by atoms with Gasteiger partial charge in [-0.2, -0.15) is 0 Å². The van der Waals surface area contributed by atoms with Gasteiger partial charge in [-0.1, -0.05) is 64.5 Å². The predicted octanol–water partition coefficient (Wildman–Crippen LogP) is 4.97. The molecule has 21 heavy (non-hydrogen) atoms. The van der Waals surface area contributed by atoms with Gasteiger partial charge in [-0.15, -0.1) is 0 Å². The van der Waals surface area contributed by atoms with Crippen molar-refractivity contribution < 1.29 is 4.79 Å². The van der Waals surface area contributed by atoms with Crippen molar-refractivity contribution in [2.45, 2.75) is 37.6 Å². The van der Waals surface area contributed by atoms with E-state index in [1.807, 2.05) is 6.07 Å². The lowest BCUT2D eigenvalue weighted by Crippen LogP contribution is -2.46. The van der Waals surface area contributed by atoms with Gasteiger partial charge in [-0.05, 0) is 36.1 Å². The standard InChI is InChI=1S/C16H16BrCl2NO/c17-9-11-14(10-4-5-12(18)13(19)8-10)15(21)20-16(11)6-2-1-3-7-16/h4-5,8H,1-3,6-7,9H2,(H,20,21).